The molecule has 0 fully saturated rings. The summed E-state index contributed by atoms with van der Waals surface area (Å²) in [6.07, 6.45) is 0. The normalized spacial score (nSPS) is 14.8. The zero-order valence-electron chi connectivity index (χ0n) is 4.14. The highest BCUT2D eigenvalue weighted by atomic mass is 32.2. The average molecular weight is 200 g/mol. The molecule has 0 aliphatic carbocycles. The van der Waals surface area contributed by atoms with Crippen molar-refractivity contribution < 1.29 is 29.8 Å². The lowest BCUT2D eigenvalue weighted by Gasteiger charge is -2.03. The van der Waals surface area contributed by atoms with Gasteiger partial charge in [-0.15, -0.1) is 0 Å². The van der Waals surface area contributed by atoms with Gasteiger partial charge >= 0.3 is 15.6 Å². The number of rotatable bonds is 2. The minimum Gasteiger partial charge on any atom is -0.208 e. The van der Waals surface area contributed by atoms with Crippen LogP contribution in [0, 0.1) is 0 Å². The van der Waals surface area contributed by atoms with E-state index in [1.807, 2.05) is 0 Å². The van der Waals surface area contributed by atoms with Crippen LogP contribution in [0.1, 0.15) is 0 Å². The monoisotopic (exact) mass is 200 g/mol. The maximum absolute atomic E-state index is 11.1. The first-order valence-corrected chi connectivity index (χ1v) is 3.86. The molecule has 1 atom stereocenters. The first-order valence-electron chi connectivity index (χ1n) is 1.66. The van der Waals surface area contributed by atoms with E-state index in [4.69, 9.17) is 0 Å². The Hall–Kier alpha value is 0.0600. The van der Waals surface area contributed by atoms with Crippen LogP contribution in [-0.2, 0) is 14.1 Å². The standard InChI is InChI=1S/CHF4O3PS/c2-1(3,4)10(6,7)8-9-5/h9H. The van der Waals surface area contributed by atoms with E-state index in [1.54, 1.807) is 0 Å². The van der Waals surface area contributed by atoms with Gasteiger partial charge in [0.2, 0.25) is 9.12 Å². The van der Waals surface area contributed by atoms with E-state index in [0.29, 0.717) is 0 Å². The van der Waals surface area contributed by atoms with Crippen molar-refractivity contribution in [3.63, 3.8) is 0 Å². The fourth-order valence-electron chi connectivity index (χ4n) is 0.0887. The molecule has 0 heterocycles. The van der Waals surface area contributed by atoms with Crippen LogP contribution in [0.15, 0.2) is 0 Å². The van der Waals surface area contributed by atoms with E-state index in [0.717, 1.165) is 0 Å². The second kappa shape index (κ2) is 2.98. The van der Waals surface area contributed by atoms with E-state index in [2.05, 4.69) is 3.97 Å². The highest BCUT2D eigenvalue weighted by molar-refractivity contribution is 7.90. The van der Waals surface area contributed by atoms with Crippen LogP contribution in [0.3, 0.4) is 0 Å². The summed E-state index contributed by atoms with van der Waals surface area (Å²) in [5, 5.41) is 0. The van der Waals surface area contributed by atoms with Gasteiger partial charge in [0.1, 0.15) is 0 Å². The first-order chi connectivity index (χ1) is 4.31. The van der Waals surface area contributed by atoms with Gasteiger partial charge in [-0.25, -0.2) is 3.97 Å². The Kier molecular flexibility index (Phi) is 3.00. The van der Waals surface area contributed by atoms with Crippen LogP contribution in [0.25, 0.3) is 0 Å². The van der Waals surface area contributed by atoms with Gasteiger partial charge in [-0.05, 0) is 0 Å². The molecule has 9 heteroatoms. The molecular weight excluding hydrogens is 199 g/mol. The molecule has 62 valence electrons. The topological polar surface area (TPSA) is 43.4 Å². The summed E-state index contributed by atoms with van der Waals surface area (Å²) in [7, 11) is -7.94. The van der Waals surface area contributed by atoms with Gasteiger partial charge in [0, 0.05) is 0 Å². The minimum atomic E-state index is -5.71. The Balaban J connectivity index is 4.44. The molecule has 0 aromatic carbocycles. The number of halogens is 4. The third kappa shape index (κ3) is 2.36. The van der Waals surface area contributed by atoms with Gasteiger partial charge in [-0.3, -0.25) is 0 Å². The fraction of sp³-hybridized carbons (Fsp3) is 1.00. The van der Waals surface area contributed by atoms with Gasteiger partial charge in [0.15, 0.2) is 0 Å². The molecule has 0 aromatic heterocycles. The molecule has 0 N–H and O–H groups in total. The molecule has 0 saturated carbocycles. The highest BCUT2D eigenvalue weighted by Crippen LogP contribution is 2.30. The summed E-state index contributed by atoms with van der Waals surface area (Å²) in [6.45, 7) is 0. The Labute approximate surface area is 55.5 Å². The molecule has 0 saturated heterocycles. The van der Waals surface area contributed by atoms with Gasteiger partial charge < -0.3 is 0 Å². The van der Waals surface area contributed by atoms with E-state index in [9.17, 15) is 25.8 Å². The summed E-state index contributed by atoms with van der Waals surface area (Å²) in [5.41, 5.74) is -5.54. The lowest BCUT2D eigenvalue weighted by Crippen LogP contribution is -2.22. The van der Waals surface area contributed by atoms with E-state index in [1.165, 1.54) is 0 Å². The molecule has 0 amide bonds. The molecule has 0 rings (SSSR count). The molecule has 10 heavy (non-hydrogen) atoms. The smallest absolute Gasteiger partial charge is 0.208 e. The highest BCUT2D eigenvalue weighted by Gasteiger charge is 2.47. The van der Waals surface area contributed by atoms with Gasteiger partial charge in [-0.1, -0.05) is 0 Å². The molecule has 1 unspecified atom stereocenters. The lowest BCUT2D eigenvalue weighted by atomic mass is 11.6. The SMILES string of the molecule is O=S(=O)(OPF)C(F)(F)F. The zero-order valence-corrected chi connectivity index (χ0v) is 5.96. The predicted molar refractivity (Wildman–Crippen MR) is 25.5 cm³/mol. The molecule has 0 spiro atoms. The van der Waals surface area contributed by atoms with Crippen molar-refractivity contribution in [2.45, 2.75) is 5.51 Å². The van der Waals surface area contributed by atoms with E-state index in [-0.39, 0.29) is 0 Å². The summed E-state index contributed by atoms with van der Waals surface area (Å²) >= 11 is 0. The van der Waals surface area contributed by atoms with Crippen molar-refractivity contribution >= 4 is 19.2 Å². The Morgan fingerprint density at radius 3 is 1.80 bits per heavy atom. The lowest BCUT2D eigenvalue weighted by molar-refractivity contribution is -0.0497. The largest absolute Gasteiger partial charge is 0.523 e. The van der Waals surface area contributed by atoms with Crippen LogP contribution in [0.5, 0.6) is 0 Å². The average Bonchev–Trinajstić information content (AvgIpc) is 1.61. The number of alkyl halides is 3. The maximum Gasteiger partial charge on any atom is 0.523 e. The molecule has 0 radical (unpaired) electrons. The summed E-state index contributed by atoms with van der Waals surface area (Å²) in [4.78, 5) is 0. The minimum absolute atomic E-state index is 2.23. The molecule has 3 nitrogen and oxygen atoms in total. The Morgan fingerprint density at radius 1 is 1.30 bits per heavy atom. The number of hydrogen-bond acceptors (Lipinski definition) is 3. The van der Waals surface area contributed by atoms with Crippen LogP contribution >= 0.6 is 9.12 Å². The van der Waals surface area contributed by atoms with Crippen LogP contribution in [0.2, 0.25) is 0 Å². The molecular formula is CHF4O3PS. The predicted octanol–water partition coefficient (Wildman–Crippen LogP) is 1.33. The van der Waals surface area contributed by atoms with Crippen molar-refractivity contribution in [1.29, 1.82) is 0 Å². The third-order valence-corrected chi connectivity index (χ3v) is 2.12. The first kappa shape index (κ1) is 10.1. The summed E-state index contributed by atoms with van der Waals surface area (Å²) in [6, 6.07) is 0. The molecule has 0 aliphatic heterocycles. The van der Waals surface area contributed by atoms with Crippen LogP contribution in [-0.4, -0.2) is 13.9 Å². The van der Waals surface area contributed by atoms with Crippen molar-refractivity contribution in [3.05, 3.63) is 0 Å². The number of hydrogen-bond donors (Lipinski definition) is 0. The van der Waals surface area contributed by atoms with E-state index >= 15 is 0 Å². The summed E-state index contributed by atoms with van der Waals surface area (Å²) in [5.74, 6) is 0. The van der Waals surface area contributed by atoms with Crippen molar-refractivity contribution in [2.75, 3.05) is 0 Å². The second-order valence-electron chi connectivity index (χ2n) is 1.06. The van der Waals surface area contributed by atoms with Crippen molar-refractivity contribution in [3.8, 4) is 0 Å². The molecule has 0 aliphatic rings. The van der Waals surface area contributed by atoms with E-state index < -0.39 is 24.7 Å². The fourth-order valence-corrected chi connectivity index (χ4v) is 0.798. The van der Waals surface area contributed by atoms with Gasteiger partial charge in [0.05, 0.1) is 0 Å². The molecule has 0 bridgehead atoms. The van der Waals surface area contributed by atoms with Crippen LogP contribution < -0.4 is 0 Å². The van der Waals surface area contributed by atoms with Crippen molar-refractivity contribution in [1.82, 2.24) is 0 Å². The molecule has 0 aromatic rings. The second-order valence-corrected chi connectivity index (χ2v) is 3.25. The quantitative estimate of drug-likeness (QED) is 0.383. The van der Waals surface area contributed by atoms with Crippen molar-refractivity contribution in [2.24, 2.45) is 0 Å². The third-order valence-electron chi connectivity index (χ3n) is 0.425. The van der Waals surface area contributed by atoms with Crippen LogP contribution in [0.4, 0.5) is 17.4 Å². The summed E-state index contributed by atoms with van der Waals surface area (Å²) < 4.78 is 66.5. The van der Waals surface area contributed by atoms with Gasteiger partial charge in [-0.2, -0.15) is 25.8 Å². The Bertz CT molecular complexity index is 193. The maximum atomic E-state index is 11.1. The zero-order chi connectivity index (χ0) is 8.41. The Morgan fingerprint density at radius 2 is 1.70 bits per heavy atom. The van der Waals surface area contributed by atoms with Gasteiger partial charge in [0.25, 0.3) is 0 Å².